The minimum absolute atomic E-state index is 0.0359. The highest BCUT2D eigenvalue weighted by molar-refractivity contribution is 5.85. The number of anilines is 1. The first-order chi connectivity index (χ1) is 15.6. The summed E-state index contributed by atoms with van der Waals surface area (Å²) in [7, 11) is 0. The molecule has 0 spiro atoms. The van der Waals surface area contributed by atoms with Crippen molar-refractivity contribution in [2.24, 2.45) is 0 Å². The molecule has 0 aliphatic carbocycles. The zero-order valence-electron chi connectivity index (χ0n) is 17.2. The second-order valence-corrected chi connectivity index (χ2v) is 8.19. The van der Waals surface area contributed by atoms with Crippen LogP contribution in [0.3, 0.4) is 0 Å². The van der Waals surface area contributed by atoms with Gasteiger partial charge in [-0.1, -0.05) is 12.1 Å². The number of hydrogen-bond acceptors (Lipinski definition) is 4. The van der Waals surface area contributed by atoms with Crippen LogP contribution in [0.15, 0.2) is 73.4 Å². The number of piperidine rings is 1. The third kappa shape index (κ3) is 3.28. The van der Waals surface area contributed by atoms with E-state index >= 15 is 0 Å². The number of alkyl halides is 2. The van der Waals surface area contributed by atoms with Gasteiger partial charge >= 0.3 is 0 Å². The highest BCUT2D eigenvalue weighted by Gasteiger charge is 2.35. The van der Waals surface area contributed by atoms with Crippen LogP contribution in [-0.4, -0.2) is 43.2 Å². The number of hydrogen-bond donors (Lipinski definition) is 0. The molecule has 2 aromatic carbocycles. The van der Waals surface area contributed by atoms with Crippen molar-refractivity contribution in [3.8, 4) is 16.9 Å². The van der Waals surface area contributed by atoms with Gasteiger partial charge in [-0.05, 0) is 36.8 Å². The average molecular weight is 430 g/mol. The van der Waals surface area contributed by atoms with Gasteiger partial charge in [0.1, 0.15) is 0 Å². The van der Waals surface area contributed by atoms with Crippen molar-refractivity contribution in [3.63, 3.8) is 0 Å². The van der Waals surface area contributed by atoms with E-state index < -0.39 is 5.92 Å². The van der Waals surface area contributed by atoms with Crippen LogP contribution in [0, 0.1) is 0 Å². The van der Waals surface area contributed by atoms with Crippen LogP contribution < -0.4 is 4.90 Å². The molecule has 0 unspecified atom stereocenters. The number of benzene rings is 2. The van der Waals surface area contributed by atoms with Crippen molar-refractivity contribution < 1.29 is 8.78 Å². The standard InChI is InChI=1S/C24H20F2N6/c25-24(26)8-1-10-31(16-24)19-4-6-20(7-5-19)32-22-12-17(2-3-18(22)13-29-32)21-15-30-11-9-27-23(30)14-28-21/h2-7,9,11-15H,1,8,10,16H2. The van der Waals surface area contributed by atoms with Crippen molar-refractivity contribution in [1.29, 1.82) is 0 Å². The van der Waals surface area contributed by atoms with Crippen LogP contribution >= 0.6 is 0 Å². The lowest BCUT2D eigenvalue weighted by Crippen LogP contribution is -2.42. The SMILES string of the molecule is FC1(F)CCCN(c2ccc(-n3ncc4ccc(-c5cn6ccnc6cn5)cc43)cc2)C1. The van der Waals surface area contributed by atoms with Gasteiger partial charge in [0.05, 0.1) is 35.8 Å². The van der Waals surface area contributed by atoms with E-state index in [1.165, 1.54) is 0 Å². The van der Waals surface area contributed by atoms with Gasteiger partial charge in [-0.25, -0.2) is 18.4 Å². The van der Waals surface area contributed by atoms with Crippen LogP contribution in [0.1, 0.15) is 12.8 Å². The maximum absolute atomic E-state index is 13.8. The minimum atomic E-state index is -2.63. The highest BCUT2D eigenvalue weighted by Crippen LogP contribution is 2.31. The van der Waals surface area contributed by atoms with E-state index in [9.17, 15) is 8.78 Å². The molecule has 0 N–H and O–H groups in total. The maximum Gasteiger partial charge on any atom is 0.265 e. The molecule has 0 amide bonds. The molecule has 5 aromatic rings. The summed E-state index contributed by atoms with van der Waals surface area (Å²) < 4.78 is 31.4. The minimum Gasteiger partial charge on any atom is -0.365 e. The normalized spacial score (nSPS) is 16.1. The Labute approximate surface area is 182 Å². The molecule has 160 valence electrons. The summed E-state index contributed by atoms with van der Waals surface area (Å²) in [6.45, 7) is 0.423. The Morgan fingerprint density at radius 2 is 1.78 bits per heavy atom. The van der Waals surface area contributed by atoms with Crippen molar-refractivity contribution in [2.45, 2.75) is 18.8 Å². The number of aromatic nitrogens is 5. The zero-order chi connectivity index (χ0) is 21.7. The van der Waals surface area contributed by atoms with Gasteiger partial charge in [0, 0.05) is 48.2 Å². The highest BCUT2D eigenvalue weighted by atomic mass is 19.3. The summed E-state index contributed by atoms with van der Waals surface area (Å²) in [5.41, 5.74) is 5.25. The van der Waals surface area contributed by atoms with E-state index in [1.54, 1.807) is 17.3 Å². The average Bonchev–Trinajstić information content (AvgIpc) is 3.44. The van der Waals surface area contributed by atoms with E-state index in [0.717, 1.165) is 39.2 Å². The molecule has 0 atom stereocenters. The molecule has 32 heavy (non-hydrogen) atoms. The molecule has 4 heterocycles. The predicted molar refractivity (Wildman–Crippen MR) is 119 cm³/mol. The van der Waals surface area contributed by atoms with Crippen molar-refractivity contribution >= 4 is 22.2 Å². The molecule has 0 bridgehead atoms. The lowest BCUT2D eigenvalue weighted by molar-refractivity contribution is -0.0116. The summed E-state index contributed by atoms with van der Waals surface area (Å²) in [5, 5.41) is 5.57. The Balaban J connectivity index is 1.34. The first-order valence-electron chi connectivity index (χ1n) is 10.6. The van der Waals surface area contributed by atoms with Crippen LogP contribution in [0.5, 0.6) is 0 Å². The van der Waals surface area contributed by atoms with E-state index in [0.29, 0.717) is 13.0 Å². The maximum atomic E-state index is 13.8. The zero-order valence-corrected chi connectivity index (χ0v) is 17.2. The number of fused-ring (bicyclic) bond motifs is 2. The predicted octanol–water partition coefficient (Wildman–Crippen LogP) is 4.97. The van der Waals surface area contributed by atoms with Gasteiger partial charge < -0.3 is 9.30 Å². The topological polar surface area (TPSA) is 51.2 Å². The third-order valence-electron chi connectivity index (χ3n) is 6.00. The first-order valence-corrected chi connectivity index (χ1v) is 10.6. The summed E-state index contributed by atoms with van der Waals surface area (Å²) in [6, 6.07) is 13.8. The van der Waals surface area contributed by atoms with Crippen LogP contribution in [0.2, 0.25) is 0 Å². The van der Waals surface area contributed by atoms with Crippen molar-refractivity contribution in [2.75, 3.05) is 18.0 Å². The molecular formula is C24H20F2N6. The molecule has 6 rings (SSSR count). The number of rotatable bonds is 3. The third-order valence-corrected chi connectivity index (χ3v) is 6.00. The molecular weight excluding hydrogens is 410 g/mol. The van der Waals surface area contributed by atoms with Crippen LogP contribution in [0.4, 0.5) is 14.5 Å². The molecule has 6 nitrogen and oxygen atoms in total. The van der Waals surface area contributed by atoms with E-state index in [-0.39, 0.29) is 13.0 Å². The van der Waals surface area contributed by atoms with E-state index in [1.807, 2.05) is 64.1 Å². The fourth-order valence-corrected chi connectivity index (χ4v) is 4.35. The Hall–Kier alpha value is -3.81. The summed E-state index contributed by atoms with van der Waals surface area (Å²) in [6.07, 6.45) is 9.63. The Kier molecular flexibility index (Phi) is 4.21. The van der Waals surface area contributed by atoms with Crippen LogP contribution in [0.25, 0.3) is 33.5 Å². The molecule has 0 radical (unpaired) electrons. The van der Waals surface area contributed by atoms with E-state index in [4.69, 9.17) is 0 Å². The first kappa shape index (κ1) is 18.9. The largest absolute Gasteiger partial charge is 0.365 e. The Morgan fingerprint density at radius 1 is 0.938 bits per heavy atom. The summed E-state index contributed by atoms with van der Waals surface area (Å²) in [4.78, 5) is 10.5. The number of imidazole rings is 1. The van der Waals surface area contributed by atoms with Gasteiger partial charge in [-0.15, -0.1) is 0 Å². The smallest absolute Gasteiger partial charge is 0.265 e. The van der Waals surface area contributed by atoms with Gasteiger partial charge in [-0.2, -0.15) is 5.10 Å². The van der Waals surface area contributed by atoms with Gasteiger partial charge in [-0.3, -0.25) is 4.98 Å². The molecule has 1 fully saturated rings. The van der Waals surface area contributed by atoms with Gasteiger partial charge in [0.25, 0.3) is 5.92 Å². The fraction of sp³-hybridized carbons (Fsp3) is 0.208. The molecule has 1 saturated heterocycles. The van der Waals surface area contributed by atoms with Crippen molar-refractivity contribution in [1.82, 2.24) is 24.1 Å². The molecule has 1 aliphatic rings. The lowest BCUT2D eigenvalue weighted by Gasteiger charge is -2.34. The summed E-state index contributed by atoms with van der Waals surface area (Å²) >= 11 is 0. The molecule has 3 aromatic heterocycles. The van der Waals surface area contributed by atoms with Gasteiger partial charge in [0.15, 0.2) is 5.65 Å². The monoisotopic (exact) mass is 430 g/mol. The second kappa shape index (κ2) is 7.12. The quantitative estimate of drug-likeness (QED) is 0.406. The fourth-order valence-electron chi connectivity index (χ4n) is 4.35. The van der Waals surface area contributed by atoms with Crippen molar-refractivity contribution in [3.05, 3.63) is 73.4 Å². The second-order valence-electron chi connectivity index (χ2n) is 8.19. The number of nitrogens with zero attached hydrogens (tertiary/aromatic N) is 6. The lowest BCUT2D eigenvalue weighted by atomic mass is 10.1. The molecule has 1 aliphatic heterocycles. The molecule has 8 heteroatoms. The summed E-state index contributed by atoms with van der Waals surface area (Å²) in [5.74, 6) is -2.63. The van der Waals surface area contributed by atoms with E-state index in [2.05, 4.69) is 21.1 Å². The Bertz CT molecular complexity index is 1420. The van der Waals surface area contributed by atoms with Gasteiger partial charge in [0.2, 0.25) is 0 Å². The number of halogens is 2. The Morgan fingerprint density at radius 3 is 2.62 bits per heavy atom. The molecule has 0 saturated carbocycles. The van der Waals surface area contributed by atoms with Crippen LogP contribution in [-0.2, 0) is 0 Å².